The smallest absolute Gasteiger partial charge is 0.266 e. The van der Waals surface area contributed by atoms with Gasteiger partial charge < -0.3 is 0 Å². The Hall–Kier alpha value is -1.94. The van der Waals surface area contributed by atoms with Gasteiger partial charge in [-0.1, -0.05) is 24.1 Å². The van der Waals surface area contributed by atoms with E-state index in [1.807, 2.05) is 31.2 Å². The average Bonchev–Trinajstić information content (AvgIpc) is 2.72. The number of fused-ring (bicyclic) bond motifs is 3. The highest BCUT2D eigenvalue weighted by atomic mass is 32.1. The van der Waals surface area contributed by atoms with Gasteiger partial charge in [-0.25, -0.2) is 4.98 Å². The lowest BCUT2D eigenvalue weighted by Gasteiger charge is -2.06. The third-order valence-electron chi connectivity index (χ3n) is 4.44. The molecule has 0 saturated heterocycles. The molecule has 0 unspecified atom stereocenters. The fourth-order valence-corrected chi connectivity index (χ4v) is 4.43. The molecule has 0 atom stereocenters. The second-order valence-electron chi connectivity index (χ2n) is 6.00. The molecule has 2 heterocycles. The van der Waals surface area contributed by atoms with Gasteiger partial charge in [0.1, 0.15) is 11.2 Å². The van der Waals surface area contributed by atoms with Crippen molar-refractivity contribution < 1.29 is 0 Å². The lowest BCUT2D eigenvalue weighted by Crippen LogP contribution is -2.19. The predicted molar refractivity (Wildman–Crippen MR) is 91.2 cm³/mol. The van der Waals surface area contributed by atoms with Crippen LogP contribution in [0.4, 0.5) is 0 Å². The fraction of sp³-hybridized carbons (Fsp3) is 0.333. The van der Waals surface area contributed by atoms with Gasteiger partial charge in [-0.15, -0.1) is 11.3 Å². The van der Waals surface area contributed by atoms with Crippen LogP contribution in [0, 0.1) is 6.92 Å². The van der Waals surface area contributed by atoms with Crippen LogP contribution in [0.5, 0.6) is 0 Å². The summed E-state index contributed by atoms with van der Waals surface area (Å²) in [6.07, 6.45) is 7.45. The third-order valence-corrected chi connectivity index (χ3v) is 5.64. The first-order chi connectivity index (χ1) is 10.7. The summed E-state index contributed by atoms with van der Waals surface area (Å²) >= 11 is 1.71. The molecule has 0 N–H and O–H groups in total. The van der Waals surface area contributed by atoms with Gasteiger partial charge in [-0.2, -0.15) is 0 Å². The minimum atomic E-state index is 0.0771. The summed E-state index contributed by atoms with van der Waals surface area (Å²) in [5.41, 5.74) is 3.42. The summed E-state index contributed by atoms with van der Waals surface area (Å²) < 4.78 is 1.68. The Morgan fingerprint density at radius 3 is 2.68 bits per heavy atom. The largest absolute Gasteiger partial charge is 0.268 e. The van der Waals surface area contributed by atoms with E-state index in [9.17, 15) is 4.79 Å². The minimum absolute atomic E-state index is 0.0771. The molecule has 0 spiro atoms. The van der Waals surface area contributed by atoms with Gasteiger partial charge in [-0.05, 0) is 50.3 Å². The Kier molecular flexibility index (Phi) is 3.34. The Labute approximate surface area is 133 Å². The fourth-order valence-electron chi connectivity index (χ4n) is 3.21. The number of hydrogen-bond donors (Lipinski definition) is 0. The van der Waals surface area contributed by atoms with Crippen LogP contribution >= 0.6 is 11.3 Å². The Morgan fingerprint density at radius 1 is 1.09 bits per heavy atom. The lowest BCUT2D eigenvalue weighted by atomic mass is 10.1. The van der Waals surface area contributed by atoms with Gasteiger partial charge >= 0.3 is 0 Å². The molecule has 0 saturated carbocycles. The van der Waals surface area contributed by atoms with Gasteiger partial charge in [0, 0.05) is 4.88 Å². The maximum absolute atomic E-state index is 13.0. The maximum Gasteiger partial charge on any atom is 0.266 e. The zero-order valence-corrected chi connectivity index (χ0v) is 13.4. The van der Waals surface area contributed by atoms with E-state index in [1.165, 1.54) is 35.3 Å². The quantitative estimate of drug-likeness (QED) is 0.636. The number of benzene rings is 1. The second-order valence-corrected chi connectivity index (χ2v) is 7.08. The van der Waals surface area contributed by atoms with Crippen molar-refractivity contribution in [2.75, 3.05) is 0 Å². The molecular weight excluding hydrogens is 292 g/mol. The van der Waals surface area contributed by atoms with Gasteiger partial charge in [-0.3, -0.25) is 9.36 Å². The van der Waals surface area contributed by atoms with Crippen LogP contribution in [-0.2, 0) is 12.8 Å². The summed E-state index contributed by atoms with van der Waals surface area (Å²) in [6.45, 7) is 2.05. The van der Waals surface area contributed by atoms with Crippen LogP contribution in [0.25, 0.3) is 15.9 Å². The first-order valence-electron chi connectivity index (χ1n) is 7.83. The summed E-state index contributed by atoms with van der Waals surface area (Å²) in [5, 5.41) is 0.852. The molecule has 112 valence electrons. The van der Waals surface area contributed by atoms with Crippen molar-refractivity contribution >= 4 is 21.6 Å². The van der Waals surface area contributed by atoms with Crippen molar-refractivity contribution in [1.82, 2.24) is 9.55 Å². The number of aromatic nitrogens is 2. The van der Waals surface area contributed by atoms with E-state index < -0.39 is 0 Å². The van der Waals surface area contributed by atoms with Gasteiger partial charge in [0.05, 0.1) is 11.1 Å². The normalized spacial score (nSPS) is 14.8. The topological polar surface area (TPSA) is 34.9 Å². The molecule has 4 heteroatoms. The molecule has 1 aliphatic rings. The molecule has 1 aromatic carbocycles. The first kappa shape index (κ1) is 13.7. The van der Waals surface area contributed by atoms with E-state index >= 15 is 0 Å². The van der Waals surface area contributed by atoms with E-state index in [1.54, 1.807) is 22.2 Å². The molecule has 0 fully saturated rings. The highest BCUT2D eigenvalue weighted by Crippen LogP contribution is 2.32. The standard InChI is InChI=1S/C18H18N2OS/c1-12-7-9-13(10-8-12)20-11-19-17-16(18(20)21)14-5-3-2-4-6-15(14)22-17/h7-11H,2-6H2,1H3. The highest BCUT2D eigenvalue weighted by Gasteiger charge is 2.19. The molecule has 0 radical (unpaired) electrons. The van der Waals surface area contributed by atoms with Crippen LogP contribution < -0.4 is 5.56 Å². The van der Waals surface area contributed by atoms with Crippen LogP contribution in [0.1, 0.15) is 35.3 Å². The summed E-state index contributed by atoms with van der Waals surface area (Å²) in [5.74, 6) is 0. The molecular formula is C18H18N2OS. The molecule has 22 heavy (non-hydrogen) atoms. The van der Waals surface area contributed by atoms with Crippen molar-refractivity contribution in [3.05, 3.63) is 57.0 Å². The van der Waals surface area contributed by atoms with Crippen molar-refractivity contribution in [2.24, 2.45) is 0 Å². The Bertz CT molecular complexity index is 890. The molecule has 4 rings (SSSR count). The lowest BCUT2D eigenvalue weighted by molar-refractivity contribution is 0.713. The zero-order chi connectivity index (χ0) is 15.1. The third kappa shape index (κ3) is 2.18. The average molecular weight is 310 g/mol. The summed E-state index contributed by atoms with van der Waals surface area (Å²) in [4.78, 5) is 19.8. The number of hydrogen-bond acceptors (Lipinski definition) is 3. The molecule has 0 aliphatic heterocycles. The summed E-state index contributed by atoms with van der Waals surface area (Å²) in [7, 11) is 0. The van der Waals surface area contributed by atoms with Crippen molar-refractivity contribution in [3.8, 4) is 5.69 Å². The molecule has 0 bridgehead atoms. The van der Waals surface area contributed by atoms with Crippen LogP contribution in [0.3, 0.4) is 0 Å². The molecule has 3 nitrogen and oxygen atoms in total. The molecule has 2 aromatic heterocycles. The highest BCUT2D eigenvalue weighted by molar-refractivity contribution is 7.18. The molecule has 3 aromatic rings. The maximum atomic E-state index is 13.0. The van der Waals surface area contributed by atoms with Gasteiger partial charge in [0.25, 0.3) is 5.56 Å². The Balaban J connectivity index is 1.95. The van der Waals surface area contributed by atoms with Gasteiger partial charge in [0.15, 0.2) is 0 Å². The van der Waals surface area contributed by atoms with Crippen molar-refractivity contribution in [1.29, 1.82) is 0 Å². The number of thiophene rings is 1. The number of rotatable bonds is 1. The van der Waals surface area contributed by atoms with E-state index in [0.717, 1.165) is 28.7 Å². The second kappa shape index (κ2) is 5.36. The van der Waals surface area contributed by atoms with E-state index in [-0.39, 0.29) is 5.56 Å². The van der Waals surface area contributed by atoms with E-state index in [2.05, 4.69) is 4.98 Å². The Morgan fingerprint density at radius 2 is 1.86 bits per heavy atom. The molecule has 1 aliphatic carbocycles. The van der Waals surface area contributed by atoms with Crippen LogP contribution in [-0.4, -0.2) is 9.55 Å². The van der Waals surface area contributed by atoms with E-state index in [4.69, 9.17) is 0 Å². The predicted octanol–water partition coefficient (Wildman–Crippen LogP) is 4.02. The minimum Gasteiger partial charge on any atom is -0.268 e. The van der Waals surface area contributed by atoms with Crippen molar-refractivity contribution in [3.63, 3.8) is 0 Å². The number of nitrogens with zero attached hydrogens (tertiary/aromatic N) is 2. The number of aryl methyl sites for hydroxylation is 3. The molecule has 0 amide bonds. The van der Waals surface area contributed by atoms with Crippen LogP contribution in [0.15, 0.2) is 35.4 Å². The van der Waals surface area contributed by atoms with E-state index in [0.29, 0.717) is 0 Å². The van der Waals surface area contributed by atoms with Crippen molar-refractivity contribution in [2.45, 2.75) is 39.0 Å². The monoisotopic (exact) mass is 310 g/mol. The first-order valence-corrected chi connectivity index (χ1v) is 8.64. The van der Waals surface area contributed by atoms with Gasteiger partial charge in [0.2, 0.25) is 0 Å². The SMILES string of the molecule is Cc1ccc(-n2cnc3sc4c(c3c2=O)CCCCC4)cc1. The summed E-state index contributed by atoms with van der Waals surface area (Å²) in [6, 6.07) is 8.02. The van der Waals surface area contributed by atoms with Crippen LogP contribution in [0.2, 0.25) is 0 Å². The zero-order valence-electron chi connectivity index (χ0n) is 12.6.